The van der Waals surface area contributed by atoms with Crippen molar-refractivity contribution in [3.63, 3.8) is 0 Å². The molecule has 7 nitrogen and oxygen atoms in total. The van der Waals surface area contributed by atoms with Crippen molar-refractivity contribution in [2.75, 3.05) is 29.5 Å². The van der Waals surface area contributed by atoms with E-state index < -0.39 is 17.7 Å². The molecule has 1 fully saturated rings. The molecule has 204 valence electrons. The Labute approximate surface area is 230 Å². The first-order chi connectivity index (χ1) is 18.7. The van der Waals surface area contributed by atoms with E-state index in [4.69, 9.17) is 4.74 Å². The van der Waals surface area contributed by atoms with Gasteiger partial charge >= 0.3 is 0 Å². The summed E-state index contributed by atoms with van der Waals surface area (Å²) in [6, 6.07) is 18.1. The van der Waals surface area contributed by atoms with Gasteiger partial charge in [-0.15, -0.1) is 0 Å². The highest BCUT2D eigenvalue weighted by Gasteiger charge is 2.47. The molecule has 0 spiro atoms. The lowest BCUT2D eigenvalue weighted by Gasteiger charge is -2.27. The van der Waals surface area contributed by atoms with Crippen molar-refractivity contribution in [2.45, 2.75) is 40.7 Å². The predicted octanol–water partition coefficient (Wildman–Crippen LogP) is 6.21. The van der Waals surface area contributed by atoms with Gasteiger partial charge in [-0.05, 0) is 92.4 Å². The molecule has 0 saturated carbocycles. The van der Waals surface area contributed by atoms with E-state index in [0.29, 0.717) is 35.1 Å². The maximum absolute atomic E-state index is 13.5. The highest BCUT2D eigenvalue weighted by Crippen LogP contribution is 2.43. The predicted molar refractivity (Wildman–Crippen MR) is 154 cm³/mol. The quantitative estimate of drug-likeness (QED) is 0.195. The Balaban J connectivity index is 1.82. The summed E-state index contributed by atoms with van der Waals surface area (Å²) in [5.41, 5.74) is 3.21. The lowest BCUT2D eigenvalue weighted by Crippen LogP contribution is -2.29. The van der Waals surface area contributed by atoms with Crippen molar-refractivity contribution in [1.82, 2.24) is 0 Å². The number of rotatable bonds is 9. The van der Waals surface area contributed by atoms with Crippen LogP contribution < -0.4 is 14.5 Å². The summed E-state index contributed by atoms with van der Waals surface area (Å²) in [6.45, 7) is 12.4. The summed E-state index contributed by atoms with van der Waals surface area (Å²) in [5.74, 6) is -0.754. The summed E-state index contributed by atoms with van der Waals surface area (Å²) in [4.78, 5) is 30.5. The zero-order valence-electron chi connectivity index (χ0n) is 23.1. The van der Waals surface area contributed by atoms with Gasteiger partial charge in [0.2, 0.25) is 0 Å². The first-order valence-corrected chi connectivity index (χ1v) is 13.3. The summed E-state index contributed by atoms with van der Waals surface area (Å²) < 4.78 is 5.86. The number of amides is 1. The molecular formula is C32H36N2O5. The van der Waals surface area contributed by atoms with Crippen LogP contribution in [0.15, 0.2) is 72.3 Å². The number of aromatic hydroxyl groups is 1. The molecule has 7 heteroatoms. The molecule has 0 aromatic heterocycles. The lowest BCUT2D eigenvalue weighted by molar-refractivity contribution is -0.132. The minimum absolute atomic E-state index is 0.00234. The van der Waals surface area contributed by atoms with Gasteiger partial charge in [-0.3, -0.25) is 14.5 Å². The van der Waals surface area contributed by atoms with Crippen LogP contribution in [-0.2, 0) is 9.59 Å². The largest absolute Gasteiger partial charge is 0.508 e. The molecule has 1 aliphatic heterocycles. The number of hydrogen-bond donors (Lipinski definition) is 2. The van der Waals surface area contributed by atoms with Crippen LogP contribution in [-0.4, -0.2) is 41.6 Å². The van der Waals surface area contributed by atoms with Crippen molar-refractivity contribution in [3.05, 3.63) is 89.0 Å². The van der Waals surface area contributed by atoms with Crippen molar-refractivity contribution < 1.29 is 24.5 Å². The number of aliphatic hydroxyl groups excluding tert-OH is 1. The molecule has 1 heterocycles. The van der Waals surface area contributed by atoms with Gasteiger partial charge in [0.15, 0.2) is 0 Å². The van der Waals surface area contributed by atoms with Crippen LogP contribution in [0.1, 0.15) is 50.4 Å². The summed E-state index contributed by atoms with van der Waals surface area (Å²) >= 11 is 0. The Morgan fingerprint density at radius 1 is 1.00 bits per heavy atom. The third kappa shape index (κ3) is 5.62. The molecule has 1 unspecified atom stereocenters. The first kappa shape index (κ1) is 27.8. The number of aliphatic hydroxyl groups is 1. The normalized spacial score (nSPS) is 16.7. The number of phenolic OH excluding ortho intramolecular Hbond substituents is 1. The Hall–Kier alpha value is -4.26. The number of nitrogens with zero attached hydrogens (tertiary/aromatic N) is 2. The number of aryl methyl sites for hydroxylation is 1. The fourth-order valence-corrected chi connectivity index (χ4v) is 4.89. The summed E-state index contributed by atoms with van der Waals surface area (Å²) in [7, 11) is 0. The molecule has 0 radical (unpaired) electrons. The molecule has 3 aromatic rings. The third-order valence-electron chi connectivity index (χ3n) is 6.91. The van der Waals surface area contributed by atoms with Crippen LogP contribution in [0, 0.1) is 12.8 Å². The average molecular weight is 529 g/mol. The molecule has 0 aliphatic carbocycles. The van der Waals surface area contributed by atoms with E-state index in [0.717, 1.165) is 24.3 Å². The van der Waals surface area contributed by atoms with E-state index in [1.165, 1.54) is 17.0 Å². The van der Waals surface area contributed by atoms with Gasteiger partial charge in [0.1, 0.15) is 17.3 Å². The van der Waals surface area contributed by atoms with Crippen molar-refractivity contribution in [1.29, 1.82) is 0 Å². The summed E-state index contributed by atoms with van der Waals surface area (Å²) in [5, 5.41) is 21.7. The maximum Gasteiger partial charge on any atom is 0.300 e. The molecule has 1 aliphatic rings. The van der Waals surface area contributed by atoms with Gasteiger partial charge in [-0.25, -0.2) is 0 Å². The van der Waals surface area contributed by atoms with E-state index in [-0.39, 0.29) is 17.1 Å². The SMILES string of the molecule is CCN(CC)c1ccc(N2C(=O)C(=O)/C(=C(\O)c3ccc(OCC(C)C)c(C)c3)C2c2cccc(O)c2)cc1. The molecule has 1 amide bonds. The second-order valence-electron chi connectivity index (χ2n) is 10.1. The third-order valence-corrected chi connectivity index (χ3v) is 6.91. The molecule has 39 heavy (non-hydrogen) atoms. The van der Waals surface area contributed by atoms with Gasteiger partial charge in [0.25, 0.3) is 11.7 Å². The van der Waals surface area contributed by atoms with Gasteiger partial charge < -0.3 is 19.8 Å². The molecule has 1 atom stereocenters. The topological polar surface area (TPSA) is 90.3 Å². The van der Waals surface area contributed by atoms with Crippen LogP contribution in [0.2, 0.25) is 0 Å². The van der Waals surface area contributed by atoms with Crippen molar-refractivity contribution >= 4 is 28.8 Å². The molecule has 3 aromatic carbocycles. The number of phenols is 1. The molecule has 0 bridgehead atoms. The van der Waals surface area contributed by atoms with Crippen LogP contribution in [0.3, 0.4) is 0 Å². The minimum Gasteiger partial charge on any atom is -0.508 e. The summed E-state index contributed by atoms with van der Waals surface area (Å²) in [6.07, 6.45) is 0. The number of ether oxygens (including phenoxy) is 1. The van der Waals surface area contributed by atoms with Gasteiger partial charge in [0.05, 0.1) is 18.2 Å². The number of benzene rings is 3. The monoisotopic (exact) mass is 528 g/mol. The number of Topliss-reactive ketones (excluding diaryl/α,β-unsaturated/α-hetero) is 1. The lowest BCUT2D eigenvalue weighted by atomic mass is 9.94. The van der Waals surface area contributed by atoms with Crippen LogP contribution in [0.25, 0.3) is 5.76 Å². The molecule has 2 N–H and O–H groups in total. The Morgan fingerprint density at radius 2 is 1.69 bits per heavy atom. The fourth-order valence-electron chi connectivity index (χ4n) is 4.89. The highest BCUT2D eigenvalue weighted by molar-refractivity contribution is 6.51. The van der Waals surface area contributed by atoms with Crippen LogP contribution in [0.4, 0.5) is 11.4 Å². The van der Waals surface area contributed by atoms with Gasteiger partial charge in [-0.1, -0.05) is 26.0 Å². The number of carbonyl (C=O) groups is 2. The minimum atomic E-state index is -0.923. The van der Waals surface area contributed by atoms with E-state index >= 15 is 0 Å². The fraction of sp³-hybridized carbons (Fsp3) is 0.312. The first-order valence-electron chi connectivity index (χ1n) is 13.3. The van der Waals surface area contributed by atoms with Gasteiger partial charge in [-0.2, -0.15) is 0 Å². The average Bonchev–Trinajstić information content (AvgIpc) is 3.18. The van der Waals surface area contributed by atoms with Crippen LogP contribution >= 0.6 is 0 Å². The zero-order chi connectivity index (χ0) is 28.3. The number of anilines is 2. The van der Waals surface area contributed by atoms with Crippen LogP contribution in [0.5, 0.6) is 11.5 Å². The molecule has 1 saturated heterocycles. The zero-order valence-corrected chi connectivity index (χ0v) is 23.1. The number of ketones is 1. The smallest absolute Gasteiger partial charge is 0.300 e. The number of carbonyl (C=O) groups excluding carboxylic acids is 2. The van der Waals surface area contributed by atoms with E-state index in [2.05, 4.69) is 32.6 Å². The number of hydrogen-bond acceptors (Lipinski definition) is 6. The second kappa shape index (κ2) is 11.6. The van der Waals surface area contributed by atoms with Crippen molar-refractivity contribution in [3.8, 4) is 11.5 Å². The van der Waals surface area contributed by atoms with Crippen molar-refractivity contribution in [2.24, 2.45) is 5.92 Å². The van der Waals surface area contributed by atoms with Gasteiger partial charge in [0, 0.05) is 30.0 Å². The van der Waals surface area contributed by atoms with E-state index in [1.807, 2.05) is 19.1 Å². The Morgan fingerprint density at radius 3 is 2.28 bits per heavy atom. The van der Waals surface area contributed by atoms with E-state index in [1.54, 1.807) is 42.5 Å². The standard InChI is InChI=1S/C32H36N2O5/c1-6-33(7-2)24-12-14-25(15-13-24)34-29(22-9-8-10-26(35)18-22)28(31(37)32(34)38)30(36)23-11-16-27(21(5)17-23)39-19-20(3)4/h8-18,20,29,35-36H,6-7,19H2,1-5H3/b30-28-. The second-order valence-corrected chi connectivity index (χ2v) is 10.1. The highest BCUT2D eigenvalue weighted by atomic mass is 16.5. The maximum atomic E-state index is 13.5. The molecule has 4 rings (SSSR count). The Bertz CT molecular complexity index is 1390. The molecular weight excluding hydrogens is 492 g/mol. The van der Waals surface area contributed by atoms with E-state index in [9.17, 15) is 19.8 Å². The Kier molecular flexibility index (Phi) is 8.29.